The molecular weight excluding hydrogens is 186 g/mol. The van der Waals surface area contributed by atoms with E-state index < -0.39 is 10.0 Å². The molecule has 2 rings (SSSR count). The van der Waals surface area contributed by atoms with Gasteiger partial charge >= 0.3 is 0 Å². The molecule has 0 bridgehead atoms. The number of anilines is 1. The normalized spacial score (nSPS) is 17.9. The lowest BCUT2D eigenvalue weighted by Gasteiger charge is -2.00. The van der Waals surface area contributed by atoms with Gasteiger partial charge in [0, 0.05) is 0 Å². The molecular formula is C9H11NO2S. The first kappa shape index (κ1) is 8.56. The summed E-state index contributed by atoms with van der Waals surface area (Å²) in [6.45, 7) is 2.05. The Hall–Kier alpha value is -1.03. The maximum absolute atomic E-state index is 11.2. The van der Waals surface area contributed by atoms with Crippen LogP contribution in [-0.2, 0) is 22.2 Å². The van der Waals surface area contributed by atoms with Crippen molar-refractivity contribution < 1.29 is 8.42 Å². The van der Waals surface area contributed by atoms with Gasteiger partial charge in [-0.25, -0.2) is 8.42 Å². The Kier molecular flexibility index (Phi) is 1.80. The molecule has 70 valence electrons. The molecule has 1 aromatic rings. The third-order valence-corrected chi connectivity index (χ3v) is 3.42. The molecule has 0 saturated carbocycles. The number of nitrogens with one attached hydrogen (secondary N) is 1. The van der Waals surface area contributed by atoms with E-state index in [0.717, 1.165) is 23.2 Å². The zero-order chi connectivity index (χ0) is 9.47. The van der Waals surface area contributed by atoms with Gasteiger partial charge in [-0.1, -0.05) is 19.1 Å². The standard InChI is InChI=1S/C9H11NO2S/c1-2-7-3-4-8-6-13(11,12)10-9(8)5-7/h3-5,10H,2,6H2,1H3. The summed E-state index contributed by atoms with van der Waals surface area (Å²) in [5.41, 5.74) is 2.78. The minimum absolute atomic E-state index is 0.117. The highest BCUT2D eigenvalue weighted by Crippen LogP contribution is 2.27. The van der Waals surface area contributed by atoms with Gasteiger partial charge < -0.3 is 0 Å². The van der Waals surface area contributed by atoms with Crippen LogP contribution in [0, 0.1) is 0 Å². The van der Waals surface area contributed by atoms with Crippen LogP contribution in [0.1, 0.15) is 18.1 Å². The van der Waals surface area contributed by atoms with Crippen LogP contribution in [0.4, 0.5) is 5.69 Å². The zero-order valence-corrected chi connectivity index (χ0v) is 8.19. The second-order valence-electron chi connectivity index (χ2n) is 3.21. The lowest BCUT2D eigenvalue weighted by atomic mass is 10.1. The molecule has 0 atom stereocenters. The van der Waals surface area contributed by atoms with Crippen molar-refractivity contribution in [3.63, 3.8) is 0 Å². The maximum atomic E-state index is 11.2. The first-order chi connectivity index (χ1) is 6.11. The van der Waals surface area contributed by atoms with Crippen LogP contribution in [0.3, 0.4) is 0 Å². The number of hydrogen-bond donors (Lipinski definition) is 1. The van der Waals surface area contributed by atoms with Crippen molar-refractivity contribution in [3.8, 4) is 0 Å². The van der Waals surface area contributed by atoms with Gasteiger partial charge in [-0.3, -0.25) is 4.72 Å². The van der Waals surface area contributed by atoms with E-state index >= 15 is 0 Å². The molecule has 13 heavy (non-hydrogen) atoms. The average Bonchev–Trinajstić information content (AvgIpc) is 2.36. The average molecular weight is 197 g/mol. The topological polar surface area (TPSA) is 46.2 Å². The number of aryl methyl sites for hydroxylation is 1. The van der Waals surface area contributed by atoms with Gasteiger partial charge in [0.15, 0.2) is 0 Å². The molecule has 1 aliphatic rings. The molecule has 0 unspecified atom stereocenters. The summed E-state index contributed by atoms with van der Waals surface area (Å²) in [4.78, 5) is 0. The van der Waals surface area contributed by atoms with Crippen molar-refractivity contribution in [3.05, 3.63) is 29.3 Å². The summed E-state index contributed by atoms with van der Waals surface area (Å²) in [5, 5.41) is 0. The highest BCUT2D eigenvalue weighted by atomic mass is 32.2. The predicted octanol–water partition coefficient (Wildman–Crippen LogP) is 1.50. The van der Waals surface area contributed by atoms with Gasteiger partial charge in [-0.15, -0.1) is 0 Å². The van der Waals surface area contributed by atoms with E-state index in [1.54, 1.807) is 0 Å². The summed E-state index contributed by atoms with van der Waals surface area (Å²) >= 11 is 0. The van der Waals surface area contributed by atoms with Crippen molar-refractivity contribution in [2.24, 2.45) is 0 Å². The summed E-state index contributed by atoms with van der Waals surface area (Å²) in [5.74, 6) is 0.117. The number of fused-ring (bicyclic) bond motifs is 1. The zero-order valence-electron chi connectivity index (χ0n) is 7.37. The fourth-order valence-corrected chi connectivity index (χ4v) is 2.73. The van der Waals surface area contributed by atoms with Crippen molar-refractivity contribution in [1.82, 2.24) is 0 Å². The SMILES string of the molecule is CCc1ccc2c(c1)NS(=O)(=O)C2. The van der Waals surface area contributed by atoms with Gasteiger partial charge in [0.25, 0.3) is 0 Å². The fourth-order valence-electron chi connectivity index (χ4n) is 1.47. The van der Waals surface area contributed by atoms with E-state index in [9.17, 15) is 8.42 Å². The highest BCUT2D eigenvalue weighted by Gasteiger charge is 2.22. The van der Waals surface area contributed by atoms with Crippen LogP contribution in [0.25, 0.3) is 0 Å². The second-order valence-corrected chi connectivity index (χ2v) is 4.93. The van der Waals surface area contributed by atoms with Gasteiger partial charge in [0.05, 0.1) is 11.4 Å². The highest BCUT2D eigenvalue weighted by molar-refractivity contribution is 7.92. The third-order valence-electron chi connectivity index (χ3n) is 2.19. The molecule has 0 aromatic heterocycles. The van der Waals surface area contributed by atoms with Gasteiger partial charge in [0.1, 0.15) is 0 Å². The van der Waals surface area contributed by atoms with E-state index in [-0.39, 0.29) is 5.75 Å². The molecule has 0 spiro atoms. The van der Waals surface area contributed by atoms with E-state index in [1.165, 1.54) is 0 Å². The molecule has 0 aliphatic carbocycles. The van der Waals surface area contributed by atoms with Crippen LogP contribution in [0.15, 0.2) is 18.2 Å². The van der Waals surface area contributed by atoms with Crippen molar-refractivity contribution in [2.45, 2.75) is 19.1 Å². The van der Waals surface area contributed by atoms with Crippen LogP contribution in [-0.4, -0.2) is 8.42 Å². The molecule has 0 radical (unpaired) electrons. The number of benzene rings is 1. The largest absolute Gasteiger partial charge is 0.283 e. The quantitative estimate of drug-likeness (QED) is 0.741. The molecule has 1 aromatic carbocycles. The van der Waals surface area contributed by atoms with Crippen molar-refractivity contribution in [2.75, 3.05) is 4.72 Å². The van der Waals surface area contributed by atoms with Crippen molar-refractivity contribution >= 4 is 15.7 Å². The van der Waals surface area contributed by atoms with Crippen molar-refractivity contribution in [1.29, 1.82) is 0 Å². The smallest absolute Gasteiger partial charge is 0.237 e. The molecule has 1 heterocycles. The van der Waals surface area contributed by atoms with E-state index in [2.05, 4.69) is 4.72 Å². The Balaban J connectivity index is 2.47. The van der Waals surface area contributed by atoms with Gasteiger partial charge in [-0.2, -0.15) is 0 Å². The van der Waals surface area contributed by atoms with Crippen LogP contribution >= 0.6 is 0 Å². The summed E-state index contributed by atoms with van der Waals surface area (Å²) < 4.78 is 24.9. The van der Waals surface area contributed by atoms with Gasteiger partial charge in [0.2, 0.25) is 10.0 Å². The number of rotatable bonds is 1. The summed E-state index contributed by atoms with van der Waals surface area (Å²) in [7, 11) is -3.08. The van der Waals surface area contributed by atoms with Crippen LogP contribution in [0.5, 0.6) is 0 Å². The molecule has 0 amide bonds. The third kappa shape index (κ3) is 1.54. The van der Waals surface area contributed by atoms with Crippen LogP contribution < -0.4 is 4.72 Å². The molecule has 0 saturated heterocycles. The first-order valence-corrected chi connectivity index (χ1v) is 5.88. The predicted molar refractivity (Wildman–Crippen MR) is 52.1 cm³/mol. The lowest BCUT2D eigenvalue weighted by Crippen LogP contribution is -2.05. The van der Waals surface area contributed by atoms with E-state index in [4.69, 9.17) is 0 Å². The first-order valence-electron chi connectivity index (χ1n) is 4.23. The fraction of sp³-hybridized carbons (Fsp3) is 0.333. The molecule has 3 nitrogen and oxygen atoms in total. The molecule has 1 N–H and O–H groups in total. The van der Waals surface area contributed by atoms with E-state index in [0.29, 0.717) is 0 Å². The van der Waals surface area contributed by atoms with E-state index in [1.807, 2.05) is 25.1 Å². The minimum Gasteiger partial charge on any atom is -0.283 e. The van der Waals surface area contributed by atoms with Crippen LogP contribution in [0.2, 0.25) is 0 Å². The summed E-state index contributed by atoms with van der Waals surface area (Å²) in [6.07, 6.45) is 0.926. The maximum Gasteiger partial charge on any atom is 0.237 e. The molecule has 4 heteroatoms. The van der Waals surface area contributed by atoms with Gasteiger partial charge in [-0.05, 0) is 23.6 Å². The Labute approximate surface area is 77.8 Å². The Bertz CT molecular complexity index is 437. The monoisotopic (exact) mass is 197 g/mol. The lowest BCUT2D eigenvalue weighted by molar-refractivity contribution is 0.602. The Morgan fingerprint density at radius 2 is 2.23 bits per heavy atom. The number of hydrogen-bond acceptors (Lipinski definition) is 2. The molecule has 0 fully saturated rings. The number of sulfonamides is 1. The Morgan fingerprint density at radius 3 is 2.92 bits per heavy atom. The Morgan fingerprint density at radius 1 is 1.46 bits per heavy atom. The second kappa shape index (κ2) is 2.73. The summed E-state index contributed by atoms with van der Waals surface area (Å²) in [6, 6.07) is 5.76. The molecule has 1 aliphatic heterocycles. The minimum atomic E-state index is -3.08.